The van der Waals surface area contributed by atoms with Crippen molar-refractivity contribution < 1.29 is 9.18 Å². The molecule has 3 aromatic rings. The van der Waals surface area contributed by atoms with Crippen LogP contribution in [0.5, 0.6) is 0 Å². The average Bonchev–Trinajstić information content (AvgIpc) is 3.36. The van der Waals surface area contributed by atoms with Crippen LogP contribution < -0.4 is 0 Å². The zero-order chi connectivity index (χ0) is 19.5. The van der Waals surface area contributed by atoms with Crippen molar-refractivity contribution in [2.75, 3.05) is 32.7 Å². The third kappa shape index (κ3) is 3.96. The van der Waals surface area contributed by atoms with Crippen LogP contribution in [-0.2, 0) is 13.6 Å². The van der Waals surface area contributed by atoms with E-state index in [0.717, 1.165) is 31.7 Å². The summed E-state index contributed by atoms with van der Waals surface area (Å²) in [5.41, 5.74) is 2.01. The van der Waals surface area contributed by atoms with Crippen molar-refractivity contribution in [1.82, 2.24) is 29.1 Å². The number of halogens is 1. The third-order valence-corrected chi connectivity index (χ3v) is 5.13. The van der Waals surface area contributed by atoms with Crippen molar-refractivity contribution in [3.05, 3.63) is 60.6 Å². The number of rotatable bonds is 5. The van der Waals surface area contributed by atoms with Crippen LogP contribution in [0.15, 0.2) is 49.1 Å². The lowest BCUT2D eigenvalue weighted by molar-refractivity contribution is 0.0622. The Balaban J connectivity index is 1.37. The number of piperazine rings is 1. The molecule has 0 radical (unpaired) electrons. The van der Waals surface area contributed by atoms with E-state index < -0.39 is 0 Å². The molecule has 0 unspecified atom stereocenters. The topological polar surface area (TPSA) is 59.2 Å². The van der Waals surface area contributed by atoms with Crippen molar-refractivity contribution in [3.8, 4) is 11.3 Å². The molecule has 1 fully saturated rings. The normalized spacial score (nSPS) is 15.1. The van der Waals surface area contributed by atoms with Gasteiger partial charge < -0.3 is 9.47 Å². The van der Waals surface area contributed by atoms with Crippen molar-refractivity contribution >= 4 is 5.91 Å². The van der Waals surface area contributed by atoms with Crippen molar-refractivity contribution in [2.24, 2.45) is 7.05 Å². The quantitative estimate of drug-likeness (QED) is 0.676. The first kappa shape index (κ1) is 18.4. The first-order chi connectivity index (χ1) is 13.6. The highest BCUT2D eigenvalue weighted by molar-refractivity contribution is 5.93. The maximum atomic E-state index is 13.1. The first-order valence-corrected chi connectivity index (χ1v) is 9.37. The summed E-state index contributed by atoms with van der Waals surface area (Å²) in [6, 6.07) is 7.92. The van der Waals surface area contributed by atoms with Gasteiger partial charge >= 0.3 is 0 Å². The molecule has 1 aliphatic rings. The van der Waals surface area contributed by atoms with Gasteiger partial charge in [-0.3, -0.25) is 14.4 Å². The van der Waals surface area contributed by atoms with E-state index in [0.29, 0.717) is 24.5 Å². The fourth-order valence-corrected chi connectivity index (χ4v) is 3.44. The lowest BCUT2D eigenvalue weighted by Gasteiger charge is -2.34. The molecule has 28 heavy (non-hydrogen) atoms. The van der Waals surface area contributed by atoms with E-state index in [9.17, 15) is 9.18 Å². The third-order valence-electron chi connectivity index (χ3n) is 5.13. The van der Waals surface area contributed by atoms with E-state index in [1.165, 1.54) is 12.1 Å². The molecule has 0 N–H and O–H groups in total. The molecule has 0 spiro atoms. The summed E-state index contributed by atoms with van der Waals surface area (Å²) in [7, 11) is 1.77. The molecule has 7 nitrogen and oxygen atoms in total. The molecule has 0 atom stereocenters. The van der Waals surface area contributed by atoms with Gasteiger partial charge in [0.05, 0.1) is 12.0 Å². The molecule has 0 saturated carbocycles. The monoisotopic (exact) mass is 382 g/mol. The van der Waals surface area contributed by atoms with Crippen molar-refractivity contribution in [3.63, 3.8) is 0 Å². The highest BCUT2D eigenvalue weighted by Crippen LogP contribution is 2.20. The Bertz CT molecular complexity index is 926. The summed E-state index contributed by atoms with van der Waals surface area (Å²) in [5.74, 6) is -0.306. The highest BCUT2D eigenvalue weighted by Gasteiger charge is 2.24. The fraction of sp³-hybridized carbons (Fsp3) is 0.350. The summed E-state index contributed by atoms with van der Waals surface area (Å²) in [6.45, 7) is 4.93. The summed E-state index contributed by atoms with van der Waals surface area (Å²) in [5, 5.41) is 4.43. The van der Waals surface area contributed by atoms with Gasteiger partial charge in [-0.25, -0.2) is 9.37 Å². The Morgan fingerprint density at radius 1 is 1.11 bits per heavy atom. The van der Waals surface area contributed by atoms with Crippen molar-refractivity contribution in [1.29, 1.82) is 0 Å². The van der Waals surface area contributed by atoms with E-state index in [2.05, 4.69) is 19.5 Å². The van der Waals surface area contributed by atoms with E-state index in [1.54, 1.807) is 36.1 Å². The summed E-state index contributed by atoms with van der Waals surface area (Å²) < 4.78 is 16.8. The van der Waals surface area contributed by atoms with E-state index >= 15 is 0 Å². The molecule has 2 aromatic heterocycles. The average molecular weight is 382 g/mol. The molecule has 0 bridgehead atoms. The van der Waals surface area contributed by atoms with Crippen LogP contribution in [0.25, 0.3) is 11.3 Å². The molecule has 1 amide bonds. The largest absolute Gasteiger partial charge is 0.336 e. The van der Waals surface area contributed by atoms with Gasteiger partial charge in [0.1, 0.15) is 11.5 Å². The molecule has 1 aromatic carbocycles. The molecule has 1 saturated heterocycles. The molecule has 1 aliphatic heterocycles. The molecule has 3 heterocycles. The molecule has 8 heteroatoms. The van der Waals surface area contributed by atoms with Gasteiger partial charge in [0.15, 0.2) is 0 Å². The minimum Gasteiger partial charge on any atom is -0.336 e. The lowest BCUT2D eigenvalue weighted by Crippen LogP contribution is -2.49. The van der Waals surface area contributed by atoms with E-state index in [4.69, 9.17) is 0 Å². The number of amides is 1. The second-order valence-corrected chi connectivity index (χ2v) is 6.98. The van der Waals surface area contributed by atoms with Crippen LogP contribution in [0.3, 0.4) is 0 Å². The Morgan fingerprint density at radius 2 is 1.86 bits per heavy atom. The smallest absolute Gasteiger partial charge is 0.272 e. The van der Waals surface area contributed by atoms with Crippen LogP contribution in [-0.4, -0.2) is 67.8 Å². The maximum Gasteiger partial charge on any atom is 0.272 e. The highest BCUT2D eigenvalue weighted by atomic mass is 19.1. The predicted octanol–water partition coefficient (Wildman–Crippen LogP) is 1.88. The second kappa shape index (κ2) is 7.93. The minimum atomic E-state index is -0.290. The number of imidazole rings is 1. The van der Waals surface area contributed by atoms with Gasteiger partial charge in [0, 0.05) is 64.3 Å². The summed E-state index contributed by atoms with van der Waals surface area (Å²) >= 11 is 0. The van der Waals surface area contributed by atoms with E-state index in [1.807, 2.05) is 17.4 Å². The SMILES string of the molecule is Cn1nc(-c2ccc(F)cc2)cc1C(=O)N1CCN(CCn2ccnc2)CC1. The molecular weight excluding hydrogens is 359 g/mol. The Hall–Kier alpha value is -3.00. The number of carbonyl (C=O) groups excluding carboxylic acids is 1. The first-order valence-electron chi connectivity index (χ1n) is 9.37. The number of hydrogen-bond donors (Lipinski definition) is 0. The Kier molecular flexibility index (Phi) is 5.21. The summed E-state index contributed by atoms with van der Waals surface area (Å²) in [4.78, 5) is 21.2. The van der Waals surface area contributed by atoms with Crippen LogP contribution in [0.4, 0.5) is 4.39 Å². The van der Waals surface area contributed by atoms with Gasteiger partial charge in [-0.2, -0.15) is 5.10 Å². The Labute approximate surface area is 163 Å². The fourth-order valence-electron chi connectivity index (χ4n) is 3.44. The number of carbonyl (C=O) groups is 1. The van der Waals surface area contributed by atoms with E-state index in [-0.39, 0.29) is 11.7 Å². The number of aryl methyl sites for hydroxylation is 1. The summed E-state index contributed by atoms with van der Waals surface area (Å²) in [6.07, 6.45) is 5.56. The van der Waals surface area contributed by atoms with Crippen LogP contribution in [0, 0.1) is 5.82 Å². The van der Waals surface area contributed by atoms with Crippen LogP contribution >= 0.6 is 0 Å². The van der Waals surface area contributed by atoms with Crippen LogP contribution in [0.2, 0.25) is 0 Å². The van der Waals surface area contributed by atoms with Gasteiger partial charge in [-0.05, 0) is 30.3 Å². The van der Waals surface area contributed by atoms with Gasteiger partial charge in [0.2, 0.25) is 0 Å². The van der Waals surface area contributed by atoms with Gasteiger partial charge in [-0.1, -0.05) is 0 Å². The molecule has 0 aliphatic carbocycles. The second-order valence-electron chi connectivity index (χ2n) is 6.98. The number of nitrogens with zero attached hydrogens (tertiary/aromatic N) is 6. The zero-order valence-corrected chi connectivity index (χ0v) is 15.8. The molecular formula is C20H23FN6O. The number of aromatic nitrogens is 4. The lowest BCUT2D eigenvalue weighted by atomic mass is 10.1. The Morgan fingerprint density at radius 3 is 2.54 bits per heavy atom. The van der Waals surface area contributed by atoms with Gasteiger partial charge in [0.25, 0.3) is 5.91 Å². The van der Waals surface area contributed by atoms with Crippen LogP contribution in [0.1, 0.15) is 10.5 Å². The predicted molar refractivity (Wildman–Crippen MR) is 103 cm³/mol. The standard InChI is InChI=1S/C20H23FN6O/c1-24-19(14-18(23-24)16-2-4-17(21)5-3-16)20(28)27-12-10-25(11-13-27)8-9-26-7-6-22-15-26/h2-7,14-15H,8-13H2,1H3. The maximum absolute atomic E-state index is 13.1. The van der Waals surface area contributed by atoms with Crippen molar-refractivity contribution in [2.45, 2.75) is 6.54 Å². The number of benzene rings is 1. The minimum absolute atomic E-state index is 0.0161. The van der Waals surface area contributed by atoms with Gasteiger partial charge in [-0.15, -0.1) is 0 Å². The zero-order valence-electron chi connectivity index (χ0n) is 15.8. The molecule has 146 valence electrons. The molecule has 4 rings (SSSR count). The number of hydrogen-bond acceptors (Lipinski definition) is 4.